The maximum absolute atomic E-state index is 13.3. The number of thioether (sulfide) groups is 1. The Hall–Kier alpha value is -0.0600. The first kappa shape index (κ1) is 12.4. The van der Waals surface area contributed by atoms with Crippen molar-refractivity contribution in [1.29, 1.82) is 0 Å². The second-order valence-electron chi connectivity index (χ2n) is 3.84. The van der Waals surface area contributed by atoms with E-state index in [9.17, 15) is 4.39 Å². The predicted octanol–water partition coefficient (Wildman–Crippen LogP) is 4.00. The van der Waals surface area contributed by atoms with Gasteiger partial charge in [0.05, 0.1) is 4.47 Å². The fraction of sp³-hybridized carbons (Fsp3) is 0.500. The number of benzene rings is 1. The molecule has 0 radical (unpaired) electrons. The summed E-state index contributed by atoms with van der Waals surface area (Å²) in [5, 5.41) is 0.656. The molecular weight excluding hydrogens is 291 g/mol. The lowest BCUT2D eigenvalue weighted by Crippen LogP contribution is -2.17. The lowest BCUT2D eigenvalue weighted by molar-refractivity contribution is 0.1000. The molecule has 0 amide bonds. The van der Waals surface area contributed by atoms with Crippen molar-refractivity contribution in [2.24, 2.45) is 0 Å². The molecule has 0 spiro atoms. The van der Waals surface area contributed by atoms with E-state index in [1.165, 1.54) is 6.07 Å². The Kier molecular flexibility index (Phi) is 4.67. The minimum atomic E-state index is -0.176. The summed E-state index contributed by atoms with van der Waals surface area (Å²) in [5.41, 5.74) is 1.04. The molecule has 1 saturated heterocycles. The molecule has 4 heteroatoms. The van der Waals surface area contributed by atoms with Crippen LogP contribution in [0.2, 0.25) is 0 Å². The van der Waals surface area contributed by atoms with Gasteiger partial charge in [0.1, 0.15) is 5.82 Å². The SMILES string of the molecule is Fc1cccc(CSC2CCOCC2)c1Br. The van der Waals surface area contributed by atoms with E-state index in [-0.39, 0.29) is 5.82 Å². The molecule has 1 fully saturated rings. The summed E-state index contributed by atoms with van der Waals surface area (Å²) < 4.78 is 19.2. The third-order valence-electron chi connectivity index (χ3n) is 2.67. The molecule has 0 unspecified atom stereocenters. The zero-order chi connectivity index (χ0) is 11.4. The lowest BCUT2D eigenvalue weighted by Gasteiger charge is -2.21. The largest absolute Gasteiger partial charge is 0.381 e. The molecule has 16 heavy (non-hydrogen) atoms. The van der Waals surface area contributed by atoms with Crippen LogP contribution < -0.4 is 0 Å². The first-order chi connectivity index (χ1) is 7.77. The van der Waals surface area contributed by atoms with E-state index in [0.29, 0.717) is 9.72 Å². The number of hydrogen-bond acceptors (Lipinski definition) is 2. The van der Waals surface area contributed by atoms with E-state index < -0.39 is 0 Å². The summed E-state index contributed by atoms with van der Waals surface area (Å²) in [6.07, 6.45) is 2.22. The summed E-state index contributed by atoms with van der Waals surface area (Å²) in [5.74, 6) is 0.688. The second kappa shape index (κ2) is 6.03. The van der Waals surface area contributed by atoms with Crippen molar-refractivity contribution in [3.8, 4) is 0 Å². The monoisotopic (exact) mass is 304 g/mol. The summed E-state index contributed by atoms with van der Waals surface area (Å²) in [6, 6.07) is 5.21. The molecule has 1 nitrogen and oxygen atoms in total. The van der Waals surface area contributed by atoms with Gasteiger partial charge in [0.15, 0.2) is 0 Å². The van der Waals surface area contributed by atoms with Gasteiger partial charge >= 0.3 is 0 Å². The minimum Gasteiger partial charge on any atom is -0.381 e. The Labute approximate surface area is 108 Å². The van der Waals surface area contributed by atoms with Crippen LogP contribution in [0, 0.1) is 5.82 Å². The van der Waals surface area contributed by atoms with E-state index in [2.05, 4.69) is 15.9 Å². The molecule has 1 aromatic rings. The van der Waals surface area contributed by atoms with Gasteiger partial charge in [-0.2, -0.15) is 11.8 Å². The van der Waals surface area contributed by atoms with Gasteiger partial charge in [-0.15, -0.1) is 0 Å². The van der Waals surface area contributed by atoms with Gasteiger partial charge in [-0.25, -0.2) is 4.39 Å². The number of hydrogen-bond donors (Lipinski definition) is 0. The van der Waals surface area contributed by atoms with Crippen molar-refractivity contribution < 1.29 is 9.13 Å². The number of ether oxygens (including phenoxy) is 1. The van der Waals surface area contributed by atoms with Crippen LogP contribution in [0.1, 0.15) is 18.4 Å². The topological polar surface area (TPSA) is 9.23 Å². The zero-order valence-electron chi connectivity index (χ0n) is 8.92. The molecule has 88 valence electrons. The highest BCUT2D eigenvalue weighted by Crippen LogP contribution is 2.29. The van der Waals surface area contributed by atoms with Gasteiger partial charge in [-0.3, -0.25) is 0 Å². The Bertz CT molecular complexity index is 353. The Balaban J connectivity index is 1.91. The maximum Gasteiger partial charge on any atom is 0.137 e. The smallest absolute Gasteiger partial charge is 0.137 e. The van der Waals surface area contributed by atoms with Crippen molar-refractivity contribution in [2.45, 2.75) is 23.8 Å². The molecule has 0 aromatic heterocycles. The lowest BCUT2D eigenvalue weighted by atomic mass is 10.2. The highest BCUT2D eigenvalue weighted by atomic mass is 79.9. The normalized spacial score (nSPS) is 17.6. The number of rotatable bonds is 3. The van der Waals surface area contributed by atoms with Crippen LogP contribution in [-0.2, 0) is 10.5 Å². The maximum atomic E-state index is 13.3. The van der Waals surface area contributed by atoms with Crippen molar-refractivity contribution in [3.63, 3.8) is 0 Å². The highest BCUT2D eigenvalue weighted by Gasteiger charge is 2.15. The molecule has 0 saturated carbocycles. The predicted molar refractivity (Wildman–Crippen MR) is 69.2 cm³/mol. The van der Waals surface area contributed by atoms with E-state index in [4.69, 9.17) is 4.74 Å². The van der Waals surface area contributed by atoms with Crippen LogP contribution in [-0.4, -0.2) is 18.5 Å². The molecule has 0 atom stereocenters. The Morgan fingerprint density at radius 1 is 1.38 bits per heavy atom. The van der Waals surface area contributed by atoms with Gasteiger partial charge in [-0.05, 0) is 40.4 Å². The summed E-state index contributed by atoms with van der Waals surface area (Å²) in [7, 11) is 0. The number of halogens is 2. The molecule has 2 rings (SSSR count). The van der Waals surface area contributed by atoms with Crippen LogP contribution in [0.4, 0.5) is 4.39 Å². The van der Waals surface area contributed by atoms with E-state index in [0.717, 1.165) is 37.4 Å². The molecule has 1 aliphatic rings. The average Bonchev–Trinajstić information content (AvgIpc) is 2.32. The van der Waals surface area contributed by atoms with Crippen LogP contribution in [0.15, 0.2) is 22.7 Å². The molecule has 0 N–H and O–H groups in total. The van der Waals surface area contributed by atoms with Gasteiger partial charge < -0.3 is 4.74 Å². The van der Waals surface area contributed by atoms with E-state index >= 15 is 0 Å². The van der Waals surface area contributed by atoms with Crippen LogP contribution >= 0.6 is 27.7 Å². The third-order valence-corrected chi connectivity index (χ3v) is 4.98. The van der Waals surface area contributed by atoms with Crippen molar-refractivity contribution in [3.05, 3.63) is 34.1 Å². The quantitative estimate of drug-likeness (QED) is 0.835. The highest BCUT2D eigenvalue weighted by molar-refractivity contribution is 9.10. The first-order valence-corrected chi connectivity index (χ1v) is 7.24. The van der Waals surface area contributed by atoms with Crippen molar-refractivity contribution >= 4 is 27.7 Å². The molecule has 1 heterocycles. The van der Waals surface area contributed by atoms with Crippen molar-refractivity contribution in [2.75, 3.05) is 13.2 Å². The third kappa shape index (κ3) is 3.22. The summed E-state index contributed by atoms with van der Waals surface area (Å²) in [4.78, 5) is 0. The Morgan fingerprint density at radius 2 is 2.12 bits per heavy atom. The van der Waals surface area contributed by atoms with E-state index in [1.54, 1.807) is 6.07 Å². The van der Waals surface area contributed by atoms with Crippen LogP contribution in [0.25, 0.3) is 0 Å². The fourth-order valence-electron chi connectivity index (χ4n) is 1.71. The van der Waals surface area contributed by atoms with Crippen molar-refractivity contribution in [1.82, 2.24) is 0 Å². The van der Waals surface area contributed by atoms with Crippen LogP contribution in [0.3, 0.4) is 0 Å². The standard InChI is InChI=1S/C12H14BrFOS/c13-12-9(2-1-3-11(12)14)8-16-10-4-6-15-7-5-10/h1-3,10H,4-8H2. The molecule has 0 aliphatic carbocycles. The summed E-state index contributed by atoms with van der Waals surface area (Å²) in [6.45, 7) is 1.73. The Morgan fingerprint density at radius 3 is 2.88 bits per heavy atom. The van der Waals surface area contributed by atoms with E-state index in [1.807, 2.05) is 17.8 Å². The fourth-order valence-corrected chi connectivity index (χ4v) is 3.48. The molecule has 1 aliphatic heterocycles. The molecular formula is C12H14BrFOS. The van der Waals surface area contributed by atoms with Gasteiger partial charge in [-0.1, -0.05) is 12.1 Å². The molecule has 1 aromatic carbocycles. The van der Waals surface area contributed by atoms with Gasteiger partial charge in [0, 0.05) is 24.2 Å². The van der Waals surface area contributed by atoms with Crippen LogP contribution in [0.5, 0.6) is 0 Å². The first-order valence-electron chi connectivity index (χ1n) is 5.39. The average molecular weight is 305 g/mol. The van der Waals surface area contributed by atoms with Gasteiger partial charge in [0.25, 0.3) is 0 Å². The summed E-state index contributed by atoms with van der Waals surface area (Å²) >= 11 is 5.19. The molecule has 0 bridgehead atoms. The minimum absolute atomic E-state index is 0.176. The van der Waals surface area contributed by atoms with Gasteiger partial charge in [0.2, 0.25) is 0 Å². The zero-order valence-corrected chi connectivity index (χ0v) is 11.3. The second-order valence-corrected chi connectivity index (χ2v) is 5.92.